The second-order valence-corrected chi connectivity index (χ2v) is 3.75. The Bertz CT molecular complexity index is 579. The van der Waals surface area contributed by atoms with Crippen molar-refractivity contribution in [3.8, 4) is 11.5 Å². The maximum atomic E-state index is 12.0. The monoisotopic (exact) mass is 229 g/mol. The molecule has 0 saturated carbocycles. The lowest BCUT2D eigenvalue weighted by atomic mass is 10.1. The molecule has 17 heavy (non-hydrogen) atoms. The number of phenols is 2. The molecule has 2 aromatic rings. The highest BCUT2D eigenvalue weighted by Crippen LogP contribution is 2.25. The highest BCUT2D eigenvalue weighted by Gasteiger charge is 2.12. The summed E-state index contributed by atoms with van der Waals surface area (Å²) in [7, 11) is 0. The smallest absolute Gasteiger partial charge is 0.211 e. The van der Waals surface area contributed by atoms with Crippen LogP contribution in [0.1, 0.15) is 21.6 Å². The van der Waals surface area contributed by atoms with Crippen LogP contribution in [0.25, 0.3) is 0 Å². The van der Waals surface area contributed by atoms with E-state index in [-0.39, 0.29) is 17.3 Å². The van der Waals surface area contributed by atoms with Gasteiger partial charge in [0.1, 0.15) is 5.69 Å². The van der Waals surface area contributed by atoms with Crippen LogP contribution >= 0.6 is 0 Å². The van der Waals surface area contributed by atoms with Crippen molar-refractivity contribution < 1.29 is 15.0 Å². The number of hydrogen-bond donors (Lipinski definition) is 2. The molecule has 2 N–H and O–H groups in total. The number of nitrogens with zero attached hydrogens (tertiary/aromatic N) is 1. The van der Waals surface area contributed by atoms with Crippen molar-refractivity contribution in [2.24, 2.45) is 0 Å². The molecule has 1 aromatic heterocycles. The Labute approximate surface area is 98.2 Å². The lowest BCUT2D eigenvalue weighted by Crippen LogP contribution is -2.03. The summed E-state index contributed by atoms with van der Waals surface area (Å²) in [6.45, 7) is 1.87. The van der Waals surface area contributed by atoms with Crippen LogP contribution in [0.4, 0.5) is 0 Å². The van der Waals surface area contributed by atoms with Gasteiger partial charge in [0.25, 0.3) is 0 Å². The summed E-state index contributed by atoms with van der Waals surface area (Å²) in [5.41, 5.74) is 1.54. The Morgan fingerprint density at radius 1 is 1.12 bits per heavy atom. The fourth-order valence-corrected chi connectivity index (χ4v) is 1.47. The zero-order valence-electron chi connectivity index (χ0n) is 9.21. The summed E-state index contributed by atoms with van der Waals surface area (Å²) in [6, 6.07) is 7.42. The van der Waals surface area contributed by atoms with Crippen LogP contribution in [-0.4, -0.2) is 21.0 Å². The summed E-state index contributed by atoms with van der Waals surface area (Å²) in [5.74, 6) is -0.855. The summed E-state index contributed by atoms with van der Waals surface area (Å²) in [6.07, 6.45) is 1.56. The molecule has 0 saturated heterocycles. The van der Waals surface area contributed by atoms with E-state index in [1.165, 1.54) is 18.2 Å². The number of aromatic nitrogens is 1. The summed E-state index contributed by atoms with van der Waals surface area (Å²) >= 11 is 0. The summed E-state index contributed by atoms with van der Waals surface area (Å²) in [4.78, 5) is 16.0. The third-order valence-corrected chi connectivity index (χ3v) is 2.39. The number of pyridine rings is 1. The van der Waals surface area contributed by atoms with Gasteiger partial charge in [0.2, 0.25) is 5.78 Å². The van der Waals surface area contributed by atoms with Gasteiger partial charge >= 0.3 is 0 Å². The zero-order chi connectivity index (χ0) is 12.4. The number of benzene rings is 1. The van der Waals surface area contributed by atoms with Gasteiger partial charge in [-0.05, 0) is 42.8 Å². The van der Waals surface area contributed by atoms with E-state index in [1.54, 1.807) is 18.3 Å². The van der Waals surface area contributed by atoms with E-state index in [0.29, 0.717) is 11.3 Å². The molecule has 4 nitrogen and oxygen atoms in total. The van der Waals surface area contributed by atoms with Gasteiger partial charge in [-0.2, -0.15) is 0 Å². The predicted molar refractivity (Wildman–Crippen MR) is 62.2 cm³/mol. The normalized spacial score (nSPS) is 10.2. The molecule has 0 unspecified atom stereocenters. The quantitative estimate of drug-likeness (QED) is 0.610. The van der Waals surface area contributed by atoms with Gasteiger partial charge < -0.3 is 10.2 Å². The number of aromatic hydroxyl groups is 2. The summed E-state index contributed by atoms with van der Waals surface area (Å²) in [5, 5.41) is 18.5. The average molecular weight is 229 g/mol. The minimum atomic E-state index is -0.316. The van der Waals surface area contributed by atoms with Crippen molar-refractivity contribution in [3.05, 3.63) is 53.3 Å². The topological polar surface area (TPSA) is 70.4 Å². The van der Waals surface area contributed by atoms with Crippen LogP contribution in [0.2, 0.25) is 0 Å². The molecule has 2 rings (SSSR count). The lowest BCUT2D eigenvalue weighted by molar-refractivity contribution is 0.103. The molecule has 0 atom stereocenters. The van der Waals surface area contributed by atoms with E-state index >= 15 is 0 Å². The molecule has 0 bridgehead atoms. The molecule has 0 amide bonds. The Balaban J connectivity index is 2.40. The van der Waals surface area contributed by atoms with Crippen molar-refractivity contribution in [2.45, 2.75) is 6.92 Å². The molecule has 1 heterocycles. The third kappa shape index (κ3) is 2.25. The largest absolute Gasteiger partial charge is 0.504 e. The van der Waals surface area contributed by atoms with E-state index in [9.17, 15) is 9.90 Å². The Morgan fingerprint density at radius 2 is 1.88 bits per heavy atom. The molecule has 0 spiro atoms. The van der Waals surface area contributed by atoms with Crippen LogP contribution in [0.5, 0.6) is 11.5 Å². The van der Waals surface area contributed by atoms with Crippen molar-refractivity contribution >= 4 is 5.78 Å². The van der Waals surface area contributed by atoms with Gasteiger partial charge in [0.15, 0.2) is 11.5 Å². The molecular weight excluding hydrogens is 218 g/mol. The molecule has 0 radical (unpaired) electrons. The zero-order valence-corrected chi connectivity index (χ0v) is 9.21. The van der Waals surface area contributed by atoms with Crippen molar-refractivity contribution in [1.82, 2.24) is 4.98 Å². The first kappa shape index (κ1) is 11.1. The third-order valence-electron chi connectivity index (χ3n) is 2.39. The predicted octanol–water partition coefficient (Wildman–Crippen LogP) is 2.03. The molecule has 0 aliphatic heterocycles. The van der Waals surface area contributed by atoms with Gasteiger partial charge in [-0.1, -0.05) is 0 Å². The van der Waals surface area contributed by atoms with Gasteiger partial charge in [-0.3, -0.25) is 9.78 Å². The number of carbonyl (C=O) groups excluding carboxylic acids is 1. The molecule has 0 fully saturated rings. The molecular formula is C13H11NO3. The minimum absolute atomic E-state index is 0.251. The maximum Gasteiger partial charge on any atom is 0.211 e. The highest BCUT2D eigenvalue weighted by molar-refractivity contribution is 6.08. The fourth-order valence-electron chi connectivity index (χ4n) is 1.47. The first-order valence-electron chi connectivity index (χ1n) is 5.07. The van der Waals surface area contributed by atoms with E-state index < -0.39 is 0 Å². The van der Waals surface area contributed by atoms with Crippen molar-refractivity contribution in [2.75, 3.05) is 0 Å². The van der Waals surface area contributed by atoms with Gasteiger partial charge in [0, 0.05) is 11.8 Å². The first-order valence-corrected chi connectivity index (χ1v) is 5.07. The molecule has 86 valence electrons. The summed E-state index contributed by atoms with van der Waals surface area (Å²) < 4.78 is 0. The van der Waals surface area contributed by atoms with Crippen LogP contribution in [0.15, 0.2) is 36.5 Å². The number of aryl methyl sites for hydroxylation is 1. The first-order chi connectivity index (χ1) is 8.08. The van der Waals surface area contributed by atoms with Crippen LogP contribution in [0.3, 0.4) is 0 Å². The van der Waals surface area contributed by atoms with Crippen molar-refractivity contribution in [1.29, 1.82) is 0 Å². The Kier molecular flexibility index (Phi) is 2.78. The number of phenolic OH excluding ortho intramolecular Hbond substituents is 2. The second kappa shape index (κ2) is 4.25. The van der Waals surface area contributed by atoms with Gasteiger partial charge in [-0.15, -0.1) is 0 Å². The molecule has 0 aliphatic carbocycles. The number of rotatable bonds is 2. The maximum absolute atomic E-state index is 12.0. The fraction of sp³-hybridized carbons (Fsp3) is 0.0769. The molecule has 0 aliphatic rings. The van der Waals surface area contributed by atoms with Gasteiger partial charge in [0.05, 0.1) is 0 Å². The van der Waals surface area contributed by atoms with Crippen LogP contribution in [0, 0.1) is 6.92 Å². The Hall–Kier alpha value is -2.36. The second-order valence-electron chi connectivity index (χ2n) is 3.75. The number of hydrogen-bond acceptors (Lipinski definition) is 4. The van der Waals surface area contributed by atoms with E-state index in [1.807, 2.05) is 6.92 Å². The van der Waals surface area contributed by atoms with E-state index in [4.69, 9.17) is 5.11 Å². The van der Waals surface area contributed by atoms with E-state index in [2.05, 4.69) is 4.98 Å². The average Bonchev–Trinajstić information content (AvgIpc) is 2.32. The molecule has 1 aromatic carbocycles. The van der Waals surface area contributed by atoms with Crippen molar-refractivity contribution in [3.63, 3.8) is 0 Å². The van der Waals surface area contributed by atoms with Crippen LogP contribution < -0.4 is 0 Å². The van der Waals surface area contributed by atoms with Gasteiger partial charge in [-0.25, -0.2) is 0 Å². The minimum Gasteiger partial charge on any atom is -0.504 e. The molecule has 4 heteroatoms. The highest BCUT2D eigenvalue weighted by atomic mass is 16.3. The Morgan fingerprint density at radius 3 is 2.53 bits per heavy atom. The van der Waals surface area contributed by atoms with Crippen LogP contribution in [-0.2, 0) is 0 Å². The lowest BCUT2D eigenvalue weighted by Gasteiger charge is -2.03. The number of ketones is 1. The standard InChI is InChI=1S/C13H11NO3/c1-8-4-5-14-10(6-8)13(17)9-2-3-11(15)12(16)7-9/h2-7,15-16H,1H3. The SMILES string of the molecule is Cc1ccnc(C(=O)c2ccc(O)c(O)c2)c1. The number of carbonyl (C=O) groups is 1. The van der Waals surface area contributed by atoms with E-state index in [0.717, 1.165) is 5.56 Å².